The van der Waals surface area contributed by atoms with Crippen LogP contribution in [0.15, 0.2) is 0 Å². The van der Waals surface area contributed by atoms with Crippen LogP contribution in [0.4, 0.5) is 0 Å². The molecule has 1 saturated heterocycles. The number of hydrogen-bond donors (Lipinski definition) is 1. The Bertz CT molecular complexity index is 212. The predicted molar refractivity (Wildman–Crippen MR) is 62.0 cm³/mol. The number of esters is 1. The Hall–Kier alpha value is -0.610. The first kappa shape index (κ1) is 13.5. The molecule has 2 atom stereocenters. The lowest BCUT2D eigenvalue weighted by Gasteiger charge is -2.22. The molecule has 0 radical (unpaired) electrons. The molecule has 1 aliphatic rings. The van der Waals surface area contributed by atoms with Crippen LogP contribution in [0.1, 0.15) is 39.5 Å². The molecule has 16 heavy (non-hydrogen) atoms. The van der Waals surface area contributed by atoms with Crippen molar-refractivity contribution in [1.29, 1.82) is 0 Å². The van der Waals surface area contributed by atoms with Crippen LogP contribution >= 0.6 is 0 Å². The molecular weight excluding hydrogens is 206 g/mol. The summed E-state index contributed by atoms with van der Waals surface area (Å²) in [6.07, 6.45) is 3.65. The second-order valence-corrected chi connectivity index (χ2v) is 4.78. The van der Waals surface area contributed by atoms with Gasteiger partial charge in [0, 0.05) is 12.6 Å². The second-order valence-electron chi connectivity index (χ2n) is 4.78. The minimum Gasteiger partial charge on any atom is -0.463 e. The summed E-state index contributed by atoms with van der Waals surface area (Å²) in [6.45, 7) is 5.17. The lowest BCUT2D eigenvalue weighted by Crippen LogP contribution is -2.32. The van der Waals surface area contributed by atoms with Gasteiger partial charge in [0.05, 0.1) is 12.5 Å². The topological polar surface area (TPSA) is 61.6 Å². The maximum Gasteiger partial charge on any atom is 0.307 e. The summed E-state index contributed by atoms with van der Waals surface area (Å²) in [4.78, 5) is 11.4. The first-order chi connectivity index (χ1) is 7.59. The quantitative estimate of drug-likeness (QED) is 0.725. The van der Waals surface area contributed by atoms with Gasteiger partial charge in [-0.25, -0.2) is 0 Å². The average Bonchev–Trinajstić information content (AvgIpc) is 2.27. The summed E-state index contributed by atoms with van der Waals surface area (Å²) in [7, 11) is 0. The third kappa shape index (κ3) is 4.94. The van der Waals surface area contributed by atoms with E-state index in [1.807, 2.05) is 13.8 Å². The number of ether oxygens (including phenoxy) is 2. The summed E-state index contributed by atoms with van der Waals surface area (Å²) in [5.41, 5.74) is 5.79. The first-order valence-electron chi connectivity index (χ1n) is 6.12. The summed E-state index contributed by atoms with van der Waals surface area (Å²) < 4.78 is 10.6. The van der Waals surface area contributed by atoms with Gasteiger partial charge in [0.25, 0.3) is 0 Å². The molecule has 2 N–H and O–H groups in total. The molecule has 2 unspecified atom stereocenters. The van der Waals surface area contributed by atoms with Crippen molar-refractivity contribution in [2.75, 3.05) is 13.2 Å². The molecule has 1 fully saturated rings. The summed E-state index contributed by atoms with van der Waals surface area (Å²) >= 11 is 0. The Morgan fingerprint density at radius 3 is 2.81 bits per heavy atom. The van der Waals surface area contributed by atoms with Crippen LogP contribution in [0.25, 0.3) is 0 Å². The molecule has 94 valence electrons. The number of carbonyl (C=O) groups excluding carboxylic acids is 1. The first-order valence-corrected chi connectivity index (χ1v) is 6.12. The Kier molecular flexibility index (Phi) is 5.77. The highest BCUT2D eigenvalue weighted by Gasteiger charge is 2.18. The Labute approximate surface area is 97.5 Å². The molecule has 1 heterocycles. The second kappa shape index (κ2) is 6.86. The minimum absolute atomic E-state index is 0.0907. The van der Waals surface area contributed by atoms with Gasteiger partial charge in [-0.3, -0.25) is 4.79 Å². The zero-order chi connectivity index (χ0) is 12.0. The van der Waals surface area contributed by atoms with Crippen LogP contribution < -0.4 is 5.73 Å². The Balaban J connectivity index is 2.14. The van der Waals surface area contributed by atoms with Gasteiger partial charge in [0.2, 0.25) is 0 Å². The van der Waals surface area contributed by atoms with Crippen LogP contribution in [-0.4, -0.2) is 31.3 Å². The van der Waals surface area contributed by atoms with E-state index in [4.69, 9.17) is 15.2 Å². The van der Waals surface area contributed by atoms with Crippen LogP contribution in [0.5, 0.6) is 0 Å². The Morgan fingerprint density at radius 1 is 1.50 bits per heavy atom. The van der Waals surface area contributed by atoms with Crippen molar-refractivity contribution in [3.8, 4) is 0 Å². The van der Waals surface area contributed by atoms with Crippen molar-refractivity contribution < 1.29 is 14.3 Å². The number of carbonyl (C=O) groups is 1. The van der Waals surface area contributed by atoms with Gasteiger partial charge in [-0.2, -0.15) is 0 Å². The van der Waals surface area contributed by atoms with Gasteiger partial charge in [0.1, 0.15) is 6.61 Å². The maximum atomic E-state index is 11.4. The van der Waals surface area contributed by atoms with E-state index in [1.165, 1.54) is 0 Å². The molecule has 0 amide bonds. The third-order valence-corrected chi connectivity index (χ3v) is 2.96. The summed E-state index contributed by atoms with van der Waals surface area (Å²) in [6, 6.07) is -0.111. The van der Waals surface area contributed by atoms with E-state index < -0.39 is 0 Å². The van der Waals surface area contributed by atoms with Crippen LogP contribution in [0.2, 0.25) is 0 Å². The van der Waals surface area contributed by atoms with E-state index in [0.717, 1.165) is 25.9 Å². The summed E-state index contributed by atoms with van der Waals surface area (Å²) in [5.74, 6) is 0.0915. The highest BCUT2D eigenvalue weighted by atomic mass is 16.6. The largest absolute Gasteiger partial charge is 0.463 e. The molecule has 0 spiro atoms. The SMILES string of the molecule is CC(C)C(N)CC(=O)OCC1CCCCO1. The van der Waals surface area contributed by atoms with E-state index in [0.29, 0.717) is 18.9 Å². The van der Waals surface area contributed by atoms with Gasteiger partial charge in [-0.15, -0.1) is 0 Å². The lowest BCUT2D eigenvalue weighted by molar-refractivity contribution is -0.149. The van der Waals surface area contributed by atoms with Crippen molar-refractivity contribution in [2.24, 2.45) is 11.7 Å². The van der Waals surface area contributed by atoms with Gasteiger partial charge in [-0.05, 0) is 25.2 Å². The van der Waals surface area contributed by atoms with Crippen LogP contribution in [-0.2, 0) is 14.3 Å². The van der Waals surface area contributed by atoms with E-state index in [2.05, 4.69) is 0 Å². The van der Waals surface area contributed by atoms with Crippen LogP contribution in [0, 0.1) is 5.92 Å². The maximum absolute atomic E-state index is 11.4. The lowest BCUT2D eigenvalue weighted by atomic mass is 10.0. The molecule has 0 aromatic heterocycles. The van der Waals surface area contributed by atoms with Gasteiger partial charge < -0.3 is 15.2 Å². The molecule has 4 heteroatoms. The zero-order valence-electron chi connectivity index (χ0n) is 10.3. The summed E-state index contributed by atoms with van der Waals surface area (Å²) in [5, 5.41) is 0. The number of hydrogen-bond acceptors (Lipinski definition) is 4. The van der Waals surface area contributed by atoms with Gasteiger partial charge in [-0.1, -0.05) is 13.8 Å². The van der Waals surface area contributed by atoms with Crippen molar-refractivity contribution >= 4 is 5.97 Å². The normalized spacial score (nSPS) is 23.1. The molecular formula is C12H23NO3. The standard InChI is InChI=1S/C12H23NO3/c1-9(2)11(13)7-12(14)16-8-10-5-3-4-6-15-10/h9-11H,3-8,13H2,1-2H3. The smallest absolute Gasteiger partial charge is 0.307 e. The third-order valence-electron chi connectivity index (χ3n) is 2.96. The highest BCUT2D eigenvalue weighted by molar-refractivity contribution is 5.70. The van der Waals surface area contributed by atoms with Crippen molar-refractivity contribution in [2.45, 2.75) is 51.7 Å². The van der Waals surface area contributed by atoms with E-state index >= 15 is 0 Å². The Morgan fingerprint density at radius 2 is 2.25 bits per heavy atom. The van der Waals surface area contributed by atoms with Crippen molar-refractivity contribution in [3.63, 3.8) is 0 Å². The molecule has 0 bridgehead atoms. The van der Waals surface area contributed by atoms with Gasteiger partial charge >= 0.3 is 5.97 Å². The van der Waals surface area contributed by atoms with E-state index in [1.54, 1.807) is 0 Å². The van der Waals surface area contributed by atoms with E-state index in [-0.39, 0.29) is 18.1 Å². The molecule has 0 saturated carbocycles. The highest BCUT2D eigenvalue weighted by Crippen LogP contribution is 2.13. The molecule has 0 aromatic rings. The van der Waals surface area contributed by atoms with Crippen molar-refractivity contribution in [3.05, 3.63) is 0 Å². The molecule has 0 aromatic carbocycles. The minimum atomic E-state index is -0.213. The van der Waals surface area contributed by atoms with E-state index in [9.17, 15) is 4.79 Å². The molecule has 0 aliphatic carbocycles. The predicted octanol–water partition coefficient (Wildman–Crippen LogP) is 1.47. The fourth-order valence-corrected chi connectivity index (χ4v) is 1.61. The van der Waals surface area contributed by atoms with Gasteiger partial charge in [0.15, 0.2) is 0 Å². The number of rotatable bonds is 5. The fourth-order valence-electron chi connectivity index (χ4n) is 1.61. The molecule has 1 aliphatic heterocycles. The molecule has 4 nitrogen and oxygen atoms in total. The van der Waals surface area contributed by atoms with Crippen LogP contribution in [0.3, 0.4) is 0 Å². The number of nitrogens with two attached hydrogens (primary N) is 1. The fraction of sp³-hybridized carbons (Fsp3) is 0.917. The van der Waals surface area contributed by atoms with Crippen molar-refractivity contribution in [1.82, 2.24) is 0 Å². The molecule has 1 rings (SSSR count). The zero-order valence-corrected chi connectivity index (χ0v) is 10.3. The monoisotopic (exact) mass is 229 g/mol. The average molecular weight is 229 g/mol.